The average molecular weight is 266 g/mol. The summed E-state index contributed by atoms with van der Waals surface area (Å²) >= 11 is 0. The van der Waals surface area contributed by atoms with Crippen LogP contribution in [0.4, 0.5) is 0 Å². The van der Waals surface area contributed by atoms with E-state index >= 15 is 0 Å². The first-order valence-corrected chi connectivity index (χ1v) is 6.01. The first-order valence-electron chi connectivity index (χ1n) is 6.01. The van der Waals surface area contributed by atoms with Crippen LogP contribution >= 0.6 is 0 Å². The van der Waals surface area contributed by atoms with Gasteiger partial charge >= 0.3 is 5.97 Å². The Balaban J connectivity index is 2.84. The second-order valence-electron chi connectivity index (χ2n) is 4.86. The lowest BCUT2D eigenvalue weighted by Crippen LogP contribution is -2.41. The molecule has 0 bridgehead atoms. The molecule has 19 heavy (non-hydrogen) atoms. The number of aryl methyl sites for hydroxylation is 1. The molecule has 0 fully saturated rings. The van der Waals surface area contributed by atoms with Gasteiger partial charge in [-0.2, -0.15) is 0 Å². The number of aromatic nitrogens is 1. The van der Waals surface area contributed by atoms with Crippen LogP contribution in [0, 0.1) is 5.92 Å². The summed E-state index contributed by atoms with van der Waals surface area (Å²) in [6, 6.07) is 1.73. The number of hydrogen-bond acceptors (Lipinski definition) is 3. The highest BCUT2D eigenvalue weighted by Gasteiger charge is 2.21. The second-order valence-corrected chi connectivity index (χ2v) is 4.86. The lowest BCUT2D eigenvalue weighted by atomic mass is 10.0. The van der Waals surface area contributed by atoms with Gasteiger partial charge in [-0.15, -0.1) is 0 Å². The first kappa shape index (κ1) is 14.9. The molecule has 6 nitrogen and oxygen atoms in total. The van der Waals surface area contributed by atoms with Crippen LogP contribution in [-0.4, -0.2) is 27.6 Å². The smallest absolute Gasteiger partial charge is 0.326 e. The van der Waals surface area contributed by atoms with E-state index in [2.05, 4.69) is 5.32 Å². The molecule has 0 aromatic carbocycles. The molecule has 1 amide bonds. The quantitative estimate of drug-likeness (QED) is 0.817. The minimum absolute atomic E-state index is 0.154. The van der Waals surface area contributed by atoms with E-state index in [-0.39, 0.29) is 17.0 Å². The van der Waals surface area contributed by atoms with E-state index in [9.17, 15) is 14.4 Å². The Morgan fingerprint density at radius 2 is 2.00 bits per heavy atom. The third-order valence-corrected chi connectivity index (χ3v) is 2.66. The Bertz CT molecular complexity index is 534. The van der Waals surface area contributed by atoms with Gasteiger partial charge in [0.2, 0.25) is 5.56 Å². The summed E-state index contributed by atoms with van der Waals surface area (Å²) in [5.41, 5.74) is 0.0330. The van der Waals surface area contributed by atoms with Gasteiger partial charge in [0.05, 0.1) is 5.56 Å². The molecule has 104 valence electrons. The Morgan fingerprint density at radius 1 is 1.37 bits per heavy atom. The standard InChI is InChI=1S/C13H18N2O4/c1-8(2)6-10(13(18)19)14-12(17)9-4-5-11(16)15(3)7-9/h4-5,7-8,10H,6H2,1-3H3,(H,14,17)(H,18,19)/t10-/m0/s1. The summed E-state index contributed by atoms with van der Waals surface area (Å²) in [5.74, 6) is -1.41. The van der Waals surface area contributed by atoms with Crippen LogP contribution in [0.2, 0.25) is 0 Å². The summed E-state index contributed by atoms with van der Waals surface area (Å²) < 4.78 is 1.27. The number of nitrogens with one attached hydrogen (secondary N) is 1. The molecule has 0 radical (unpaired) electrons. The summed E-state index contributed by atoms with van der Waals surface area (Å²) in [5, 5.41) is 11.5. The fraction of sp³-hybridized carbons (Fsp3) is 0.462. The predicted octanol–water partition coefficient (Wildman–Crippen LogP) is 0.614. The number of pyridine rings is 1. The van der Waals surface area contributed by atoms with Crippen molar-refractivity contribution in [1.82, 2.24) is 9.88 Å². The molecule has 1 aromatic heterocycles. The summed E-state index contributed by atoms with van der Waals surface area (Å²) in [6.45, 7) is 3.77. The Hall–Kier alpha value is -2.11. The third-order valence-electron chi connectivity index (χ3n) is 2.66. The molecule has 0 spiro atoms. The van der Waals surface area contributed by atoms with Crippen molar-refractivity contribution in [2.24, 2.45) is 13.0 Å². The molecule has 0 aliphatic heterocycles. The zero-order chi connectivity index (χ0) is 14.6. The maximum Gasteiger partial charge on any atom is 0.326 e. The van der Waals surface area contributed by atoms with Crippen molar-refractivity contribution in [3.63, 3.8) is 0 Å². The van der Waals surface area contributed by atoms with Gasteiger partial charge in [-0.25, -0.2) is 4.79 Å². The molecule has 0 aliphatic carbocycles. The van der Waals surface area contributed by atoms with Crippen LogP contribution in [-0.2, 0) is 11.8 Å². The molecule has 0 unspecified atom stereocenters. The number of rotatable bonds is 5. The molecule has 0 saturated carbocycles. The molecule has 6 heteroatoms. The van der Waals surface area contributed by atoms with E-state index in [1.54, 1.807) is 0 Å². The van der Waals surface area contributed by atoms with Crippen LogP contribution in [0.3, 0.4) is 0 Å². The molecule has 1 heterocycles. The van der Waals surface area contributed by atoms with Crippen molar-refractivity contribution in [3.8, 4) is 0 Å². The minimum Gasteiger partial charge on any atom is -0.480 e. The van der Waals surface area contributed by atoms with Gasteiger partial charge in [-0.05, 0) is 18.4 Å². The fourth-order valence-corrected chi connectivity index (χ4v) is 1.66. The SMILES string of the molecule is CC(C)C[C@H](NC(=O)c1ccc(=O)n(C)c1)C(=O)O. The normalized spacial score (nSPS) is 12.2. The Kier molecular flexibility index (Phi) is 4.86. The van der Waals surface area contributed by atoms with Gasteiger partial charge in [0.1, 0.15) is 6.04 Å². The number of amides is 1. The van der Waals surface area contributed by atoms with E-state index in [0.29, 0.717) is 6.42 Å². The summed E-state index contributed by atoms with van der Waals surface area (Å²) in [6.07, 6.45) is 1.73. The van der Waals surface area contributed by atoms with Crippen molar-refractivity contribution in [3.05, 3.63) is 34.2 Å². The topological polar surface area (TPSA) is 88.4 Å². The van der Waals surface area contributed by atoms with E-state index in [1.807, 2.05) is 13.8 Å². The van der Waals surface area contributed by atoms with E-state index in [0.717, 1.165) is 0 Å². The molecule has 1 aromatic rings. The van der Waals surface area contributed by atoms with Gasteiger partial charge in [0, 0.05) is 19.3 Å². The maximum absolute atomic E-state index is 11.9. The lowest BCUT2D eigenvalue weighted by Gasteiger charge is -2.16. The third kappa shape index (κ3) is 4.24. The second kappa shape index (κ2) is 6.17. The van der Waals surface area contributed by atoms with Crippen molar-refractivity contribution in [2.45, 2.75) is 26.3 Å². The lowest BCUT2D eigenvalue weighted by molar-refractivity contribution is -0.139. The van der Waals surface area contributed by atoms with Crippen molar-refractivity contribution in [1.29, 1.82) is 0 Å². The Morgan fingerprint density at radius 3 is 2.47 bits per heavy atom. The van der Waals surface area contributed by atoms with E-state index in [4.69, 9.17) is 5.11 Å². The van der Waals surface area contributed by atoms with Gasteiger partial charge in [0.15, 0.2) is 0 Å². The predicted molar refractivity (Wildman–Crippen MR) is 70.0 cm³/mol. The van der Waals surface area contributed by atoms with Gasteiger partial charge < -0.3 is 15.0 Å². The van der Waals surface area contributed by atoms with Gasteiger partial charge in [-0.1, -0.05) is 13.8 Å². The monoisotopic (exact) mass is 266 g/mol. The minimum atomic E-state index is -1.06. The van der Waals surface area contributed by atoms with E-state index in [1.165, 1.54) is 29.9 Å². The zero-order valence-electron chi connectivity index (χ0n) is 11.2. The number of nitrogens with zero attached hydrogens (tertiary/aromatic N) is 1. The molecule has 0 saturated heterocycles. The molecule has 0 aliphatic rings. The number of carbonyl (C=O) groups is 2. The molecule has 1 rings (SSSR count). The highest BCUT2D eigenvalue weighted by atomic mass is 16.4. The number of aliphatic carboxylic acids is 1. The summed E-state index contributed by atoms with van der Waals surface area (Å²) in [7, 11) is 1.53. The van der Waals surface area contributed by atoms with Crippen LogP contribution in [0.1, 0.15) is 30.6 Å². The van der Waals surface area contributed by atoms with Crippen LogP contribution in [0.25, 0.3) is 0 Å². The van der Waals surface area contributed by atoms with Crippen LogP contribution in [0.5, 0.6) is 0 Å². The summed E-state index contributed by atoms with van der Waals surface area (Å²) in [4.78, 5) is 34.2. The highest BCUT2D eigenvalue weighted by Crippen LogP contribution is 2.06. The number of carboxylic acids is 1. The number of carboxylic acid groups (broad SMARTS) is 1. The number of hydrogen-bond donors (Lipinski definition) is 2. The first-order chi connectivity index (χ1) is 8.81. The fourth-order valence-electron chi connectivity index (χ4n) is 1.66. The average Bonchev–Trinajstić information content (AvgIpc) is 2.31. The van der Waals surface area contributed by atoms with Gasteiger partial charge in [0.25, 0.3) is 5.91 Å². The molecule has 1 atom stereocenters. The number of carbonyl (C=O) groups excluding carboxylic acids is 1. The van der Waals surface area contributed by atoms with E-state index < -0.39 is 17.9 Å². The molecule has 2 N–H and O–H groups in total. The zero-order valence-corrected chi connectivity index (χ0v) is 11.2. The molecular formula is C13H18N2O4. The van der Waals surface area contributed by atoms with Crippen molar-refractivity contribution >= 4 is 11.9 Å². The van der Waals surface area contributed by atoms with Gasteiger partial charge in [-0.3, -0.25) is 9.59 Å². The highest BCUT2D eigenvalue weighted by molar-refractivity contribution is 5.96. The van der Waals surface area contributed by atoms with Crippen molar-refractivity contribution in [2.75, 3.05) is 0 Å². The molecular weight excluding hydrogens is 248 g/mol. The van der Waals surface area contributed by atoms with Crippen LogP contribution < -0.4 is 10.9 Å². The maximum atomic E-state index is 11.9. The van der Waals surface area contributed by atoms with Crippen LogP contribution in [0.15, 0.2) is 23.1 Å². The van der Waals surface area contributed by atoms with Crippen molar-refractivity contribution < 1.29 is 14.7 Å². The largest absolute Gasteiger partial charge is 0.480 e. The Labute approximate surface area is 111 Å².